The summed E-state index contributed by atoms with van der Waals surface area (Å²) < 4.78 is 10.9. The summed E-state index contributed by atoms with van der Waals surface area (Å²) in [7, 11) is 0. The summed E-state index contributed by atoms with van der Waals surface area (Å²) in [5.74, 6) is 0.132. The van der Waals surface area contributed by atoms with Gasteiger partial charge in [-0.15, -0.1) is 11.3 Å². The molecule has 0 saturated carbocycles. The first-order chi connectivity index (χ1) is 11.4. The number of carbonyl (C=O) groups is 2. The van der Waals surface area contributed by atoms with Crippen LogP contribution in [-0.2, 0) is 27.1 Å². The fourth-order valence-electron chi connectivity index (χ4n) is 3.48. The topological polar surface area (TPSA) is 55.8 Å². The van der Waals surface area contributed by atoms with Crippen molar-refractivity contribution in [1.82, 2.24) is 4.90 Å². The Morgan fingerprint density at radius 1 is 1.29 bits per heavy atom. The highest BCUT2D eigenvalue weighted by atomic mass is 32.1. The van der Waals surface area contributed by atoms with Gasteiger partial charge in [-0.05, 0) is 50.7 Å². The minimum Gasteiger partial charge on any atom is -0.451 e. The average molecular weight is 351 g/mol. The second-order valence-electron chi connectivity index (χ2n) is 7.04. The number of rotatable bonds is 3. The quantitative estimate of drug-likeness (QED) is 0.786. The van der Waals surface area contributed by atoms with Gasteiger partial charge in [-0.2, -0.15) is 0 Å². The Balaban J connectivity index is 1.55. The smallest absolute Gasteiger partial charge is 0.348 e. The molecule has 0 aromatic carbocycles. The lowest BCUT2D eigenvalue weighted by Gasteiger charge is -2.35. The maximum absolute atomic E-state index is 12.3. The molecular formula is C18H25NO4S. The second kappa shape index (κ2) is 7.23. The van der Waals surface area contributed by atoms with Crippen molar-refractivity contribution >= 4 is 23.2 Å². The third kappa shape index (κ3) is 3.98. The second-order valence-corrected chi connectivity index (χ2v) is 8.18. The highest BCUT2D eigenvalue weighted by Crippen LogP contribution is 2.32. The summed E-state index contributed by atoms with van der Waals surface area (Å²) in [6.45, 7) is 7.02. The maximum atomic E-state index is 12.3. The number of fused-ring (bicyclic) bond motifs is 1. The largest absolute Gasteiger partial charge is 0.451 e. The lowest BCUT2D eigenvalue weighted by atomic mass is 9.90. The first-order valence-electron chi connectivity index (χ1n) is 8.64. The van der Waals surface area contributed by atoms with E-state index in [2.05, 4.69) is 6.92 Å². The van der Waals surface area contributed by atoms with Crippen molar-refractivity contribution < 1.29 is 19.1 Å². The van der Waals surface area contributed by atoms with Crippen LogP contribution >= 0.6 is 11.3 Å². The van der Waals surface area contributed by atoms with Gasteiger partial charge < -0.3 is 14.4 Å². The summed E-state index contributed by atoms with van der Waals surface area (Å²) in [4.78, 5) is 28.1. The molecule has 6 heteroatoms. The molecule has 2 aliphatic rings. The van der Waals surface area contributed by atoms with Gasteiger partial charge in [-0.3, -0.25) is 4.79 Å². The van der Waals surface area contributed by atoms with Crippen molar-refractivity contribution in [1.29, 1.82) is 0 Å². The fraction of sp³-hybridized carbons (Fsp3) is 0.667. The first kappa shape index (κ1) is 17.4. The van der Waals surface area contributed by atoms with Crippen LogP contribution in [0.25, 0.3) is 0 Å². The van der Waals surface area contributed by atoms with Crippen molar-refractivity contribution in [3.05, 3.63) is 21.4 Å². The van der Waals surface area contributed by atoms with Gasteiger partial charge in [-0.1, -0.05) is 6.92 Å². The molecule has 2 heterocycles. The Morgan fingerprint density at radius 3 is 2.71 bits per heavy atom. The van der Waals surface area contributed by atoms with E-state index in [0.717, 1.165) is 12.8 Å². The minimum atomic E-state index is -0.384. The van der Waals surface area contributed by atoms with E-state index in [1.807, 2.05) is 19.9 Å². The number of hydrogen-bond donors (Lipinski definition) is 0. The van der Waals surface area contributed by atoms with Gasteiger partial charge in [0.05, 0.1) is 12.2 Å². The van der Waals surface area contributed by atoms with Crippen LogP contribution in [0.1, 0.15) is 47.3 Å². The van der Waals surface area contributed by atoms with E-state index >= 15 is 0 Å². The number of amides is 1. The molecule has 132 valence electrons. The fourth-order valence-corrected chi connectivity index (χ4v) is 4.58. The van der Waals surface area contributed by atoms with E-state index in [9.17, 15) is 9.59 Å². The Hall–Kier alpha value is -1.40. The van der Waals surface area contributed by atoms with Gasteiger partial charge in [0.25, 0.3) is 5.91 Å². The summed E-state index contributed by atoms with van der Waals surface area (Å²) in [5, 5.41) is 0. The summed E-state index contributed by atoms with van der Waals surface area (Å²) in [6, 6.07) is 1.95. The molecule has 1 fully saturated rings. The van der Waals surface area contributed by atoms with Crippen molar-refractivity contribution in [3.63, 3.8) is 0 Å². The zero-order valence-corrected chi connectivity index (χ0v) is 15.4. The molecule has 0 bridgehead atoms. The highest BCUT2D eigenvalue weighted by Gasteiger charge is 2.27. The molecule has 1 aliphatic heterocycles. The molecule has 24 heavy (non-hydrogen) atoms. The van der Waals surface area contributed by atoms with Crippen molar-refractivity contribution in [3.8, 4) is 0 Å². The van der Waals surface area contributed by atoms with Crippen LogP contribution in [0, 0.1) is 5.92 Å². The van der Waals surface area contributed by atoms with Crippen LogP contribution in [-0.4, -0.2) is 48.7 Å². The van der Waals surface area contributed by atoms with E-state index in [1.165, 1.54) is 28.2 Å². The number of ether oxygens (including phenoxy) is 2. The zero-order chi connectivity index (χ0) is 17.3. The molecule has 3 unspecified atom stereocenters. The molecule has 1 aliphatic carbocycles. The van der Waals surface area contributed by atoms with Crippen LogP contribution in [0.2, 0.25) is 0 Å². The Morgan fingerprint density at radius 2 is 2.00 bits per heavy atom. The Labute approximate surface area is 146 Å². The standard InChI is InChI=1S/C18H25NO4S/c1-11-4-5-15-14(6-11)7-16(24-15)18(21)22-10-17(20)19-8-12(2)23-13(3)9-19/h7,11-13H,4-6,8-10H2,1-3H3. The minimum absolute atomic E-state index is 0.0133. The third-order valence-corrected chi connectivity index (χ3v) is 5.85. The van der Waals surface area contributed by atoms with Crippen molar-refractivity contribution in [2.24, 2.45) is 5.92 Å². The molecule has 1 amide bonds. The van der Waals surface area contributed by atoms with Gasteiger partial charge >= 0.3 is 5.97 Å². The molecule has 3 rings (SSSR count). The molecule has 1 saturated heterocycles. The van der Waals surface area contributed by atoms with Crippen LogP contribution in [0.15, 0.2) is 6.07 Å². The zero-order valence-electron chi connectivity index (χ0n) is 14.5. The summed E-state index contributed by atoms with van der Waals surface area (Å²) in [5.41, 5.74) is 1.27. The van der Waals surface area contributed by atoms with Crippen LogP contribution in [0.3, 0.4) is 0 Å². The van der Waals surface area contributed by atoms with Crippen LogP contribution < -0.4 is 0 Å². The molecular weight excluding hydrogens is 326 g/mol. The number of esters is 1. The van der Waals surface area contributed by atoms with E-state index in [1.54, 1.807) is 4.90 Å². The number of carbonyl (C=O) groups excluding carboxylic acids is 2. The average Bonchev–Trinajstić information content (AvgIpc) is 2.94. The molecule has 0 N–H and O–H groups in total. The summed E-state index contributed by atoms with van der Waals surface area (Å²) >= 11 is 1.51. The highest BCUT2D eigenvalue weighted by molar-refractivity contribution is 7.14. The van der Waals surface area contributed by atoms with E-state index in [0.29, 0.717) is 23.9 Å². The first-order valence-corrected chi connectivity index (χ1v) is 9.46. The molecule has 0 spiro atoms. The molecule has 1 aromatic heterocycles. The predicted molar refractivity (Wildman–Crippen MR) is 92.4 cm³/mol. The number of nitrogens with zero attached hydrogens (tertiary/aromatic N) is 1. The molecule has 3 atom stereocenters. The summed E-state index contributed by atoms with van der Waals surface area (Å²) in [6.07, 6.45) is 3.27. The maximum Gasteiger partial charge on any atom is 0.348 e. The van der Waals surface area contributed by atoms with Gasteiger partial charge in [0, 0.05) is 18.0 Å². The van der Waals surface area contributed by atoms with E-state index < -0.39 is 0 Å². The normalized spacial score (nSPS) is 26.8. The van der Waals surface area contributed by atoms with Crippen LogP contribution in [0.4, 0.5) is 0 Å². The van der Waals surface area contributed by atoms with Gasteiger partial charge in [0.15, 0.2) is 6.61 Å². The van der Waals surface area contributed by atoms with Crippen LogP contribution in [0.5, 0.6) is 0 Å². The van der Waals surface area contributed by atoms with Crippen molar-refractivity contribution in [2.45, 2.75) is 52.2 Å². The monoisotopic (exact) mass is 351 g/mol. The van der Waals surface area contributed by atoms with Gasteiger partial charge in [0.2, 0.25) is 0 Å². The number of hydrogen-bond acceptors (Lipinski definition) is 5. The number of aryl methyl sites for hydroxylation is 1. The SMILES string of the molecule is CC1CCc2sc(C(=O)OCC(=O)N3CC(C)OC(C)C3)cc2C1. The van der Waals surface area contributed by atoms with Gasteiger partial charge in [-0.25, -0.2) is 4.79 Å². The molecule has 1 aromatic rings. The van der Waals surface area contributed by atoms with Gasteiger partial charge in [0.1, 0.15) is 4.88 Å². The predicted octanol–water partition coefficient (Wildman–Crippen LogP) is 2.67. The lowest BCUT2D eigenvalue weighted by molar-refractivity contribution is -0.146. The number of morpholine rings is 1. The lowest BCUT2D eigenvalue weighted by Crippen LogP contribution is -2.49. The third-order valence-electron chi connectivity index (χ3n) is 4.63. The Kier molecular flexibility index (Phi) is 5.25. The van der Waals surface area contributed by atoms with Crippen molar-refractivity contribution in [2.75, 3.05) is 19.7 Å². The van der Waals surface area contributed by atoms with E-state index in [-0.39, 0.29) is 30.7 Å². The molecule has 0 radical (unpaired) electrons. The Bertz CT molecular complexity index is 617. The molecule has 5 nitrogen and oxygen atoms in total. The van der Waals surface area contributed by atoms with E-state index in [4.69, 9.17) is 9.47 Å². The number of thiophene rings is 1.